The number of hydrogen-bond acceptors (Lipinski definition) is 2. The third-order valence-corrected chi connectivity index (χ3v) is 4.46. The zero-order valence-corrected chi connectivity index (χ0v) is 14.7. The van der Waals surface area contributed by atoms with Crippen molar-refractivity contribution in [3.63, 3.8) is 0 Å². The van der Waals surface area contributed by atoms with Crippen LogP contribution in [0, 0.1) is 5.92 Å². The number of likely N-dealkylation sites (tertiary alicyclic amines) is 1. The Labute approximate surface area is 144 Å². The van der Waals surface area contributed by atoms with Crippen LogP contribution in [0.1, 0.15) is 24.5 Å². The molecule has 5 nitrogen and oxygen atoms in total. The van der Waals surface area contributed by atoms with Gasteiger partial charge in [0, 0.05) is 38.4 Å². The number of benzene rings is 1. The lowest BCUT2D eigenvalue weighted by Crippen LogP contribution is -2.40. The van der Waals surface area contributed by atoms with Crippen LogP contribution in [0.3, 0.4) is 0 Å². The van der Waals surface area contributed by atoms with Crippen LogP contribution in [0.5, 0.6) is 0 Å². The van der Waals surface area contributed by atoms with Gasteiger partial charge < -0.3 is 10.2 Å². The highest BCUT2D eigenvalue weighted by atomic mass is 15.3. The monoisotopic (exact) mass is 325 g/mol. The van der Waals surface area contributed by atoms with Crippen molar-refractivity contribution in [2.75, 3.05) is 19.6 Å². The van der Waals surface area contributed by atoms with Crippen molar-refractivity contribution in [3.8, 4) is 0 Å². The highest BCUT2D eigenvalue weighted by Gasteiger charge is 2.24. The van der Waals surface area contributed by atoms with Crippen LogP contribution in [-0.2, 0) is 20.0 Å². The van der Waals surface area contributed by atoms with E-state index in [1.165, 1.54) is 12.0 Å². The molecule has 1 aliphatic rings. The Bertz CT molecular complexity index is 661. The molecule has 2 heterocycles. The fraction of sp³-hybridized carbons (Fsp3) is 0.474. The average molecular weight is 325 g/mol. The number of nitrogens with one attached hydrogen (secondary N) is 1. The molecule has 0 spiro atoms. The molecule has 0 saturated carbocycles. The van der Waals surface area contributed by atoms with E-state index in [1.54, 1.807) is 0 Å². The van der Waals surface area contributed by atoms with Gasteiger partial charge in [-0.1, -0.05) is 30.3 Å². The normalized spacial score (nSPS) is 18.2. The summed E-state index contributed by atoms with van der Waals surface area (Å²) in [6.07, 6.45) is 6.29. The van der Waals surface area contributed by atoms with Crippen LogP contribution >= 0.6 is 0 Å². The molecular weight excluding hydrogens is 298 g/mol. The summed E-state index contributed by atoms with van der Waals surface area (Å²) in [6, 6.07) is 10.8. The minimum Gasteiger partial charge on any atom is -0.357 e. The number of guanidine groups is 1. The summed E-state index contributed by atoms with van der Waals surface area (Å²) in [6.45, 7) is 5.85. The predicted molar refractivity (Wildman–Crippen MR) is 97.8 cm³/mol. The molecule has 1 unspecified atom stereocenters. The standard InChI is InChI=1S/C19H27N5/c1-3-20-19(21-12-18-13-22-23(2)14-18)24-10-9-17(15-24)11-16-7-5-4-6-8-16/h4-8,13-14,17H,3,9-12,15H2,1-2H3,(H,20,21). The summed E-state index contributed by atoms with van der Waals surface area (Å²) < 4.78 is 1.82. The number of aromatic nitrogens is 2. The number of hydrogen-bond donors (Lipinski definition) is 1. The lowest BCUT2D eigenvalue weighted by atomic mass is 9.99. The fourth-order valence-electron chi connectivity index (χ4n) is 3.28. The van der Waals surface area contributed by atoms with E-state index in [4.69, 9.17) is 4.99 Å². The van der Waals surface area contributed by atoms with Crippen LogP contribution in [0.2, 0.25) is 0 Å². The van der Waals surface area contributed by atoms with Crippen molar-refractivity contribution in [2.45, 2.75) is 26.3 Å². The van der Waals surface area contributed by atoms with E-state index in [0.717, 1.165) is 37.6 Å². The summed E-state index contributed by atoms with van der Waals surface area (Å²) in [7, 11) is 1.94. The topological polar surface area (TPSA) is 45.5 Å². The summed E-state index contributed by atoms with van der Waals surface area (Å²) >= 11 is 0. The van der Waals surface area contributed by atoms with E-state index in [1.807, 2.05) is 24.1 Å². The van der Waals surface area contributed by atoms with Gasteiger partial charge in [-0.2, -0.15) is 5.10 Å². The van der Waals surface area contributed by atoms with Gasteiger partial charge in [-0.05, 0) is 31.2 Å². The first-order valence-corrected chi connectivity index (χ1v) is 8.79. The minimum atomic E-state index is 0.677. The zero-order chi connectivity index (χ0) is 16.8. The van der Waals surface area contributed by atoms with Gasteiger partial charge in [0.2, 0.25) is 0 Å². The average Bonchev–Trinajstić information content (AvgIpc) is 3.22. The van der Waals surface area contributed by atoms with Gasteiger partial charge in [-0.3, -0.25) is 4.68 Å². The summed E-state index contributed by atoms with van der Waals surface area (Å²) in [5.74, 6) is 1.73. The fourth-order valence-corrected chi connectivity index (χ4v) is 3.28. The molecule has 5 heteroatoms. The highest BCUT2D eigenvalue weighted by Crippen LogP contribution is 2.21. The van der Waals surface area contributed by atoms with Gasteiger partial charge in [0.1, 0.15) is 0 Å². The van der Waals surface area contributed by atoms with Crippen molar-refractivity contribution in [1.29, 1.82) is 0 Å². The first-order valence-electron chi connectivity index (χ1n) is 8.79. The van der Waals surface area contributed by atoms with Crippen LogP contribution in [0.4, 0.5) is 0 Å². The molecular formula is C19H27N5. The molecule has 3 rings (SSSR count). The molecule has 1 atom stereocenters. The van der Waals surface area contributed by atoms with E-state index in [9.17, 15) is 0 Å². The van der Waals surface area contributed by atoms with Crippen LogP contribution in [0.15, 0.2) is 47.7 Å². The number of aryl methyl sites for hydroxylation is 1. The summed E-state index contributed by atoms with van der Waals surface area (Å²) in [5.41, 5.74) is 2.58. The molecule has 24 heavy (non-hydrogen) atoms. The number of aliphatic imine (C=N–C) groups is 1. The lowest BCUT2D eigenvalue weighted by Gasteiger charge is -2.21. The molecule has 0 aliphatic carbocycles. The largest absolute Gasteiger partial charge is 0.357 e. The molecule has 1 aromatic carbocycles. The van der Waals surface area contributed by atoms with Crippen molar-refractivity contribution >= 4 is 5.96 Å². The van der Waals surface area contributed by atoms with Gasteiger partial charge in [0.25, 0.3) is 0 Å². The lowest BCUT2D eigenvalue weighted by molar-refractivity contribution is 0.460. The van der Waals surface area contributed by atoms with E-state index in [-0.39, 0.29) is 0 Å². The molecule has 0 radical (unpaired) electrons. The van der Waals surface area contributed by atoms with Crippen molar-refractivity contribution in [1.82, 2.24) is 20.0 Å². The SMILES string of the molecule is CCNC(=NCc1cnn(C)c1)N1CCC(Cc2ccccc2)C1. The molecule has 1 saturated heterocycles. The molecule has 2 aromatic rings. The maximum Gasteiger partial charge on any atom is 0.194 e. The van der Waals surface area contributed by atoms with Crippen molar-refractivity contribution in [3.05, 3.63) is 53.9 Å². The smallest absolute Gasteiger partial charge is 0.194 e. The second kappa shape index (κ2) is 7.99. The molecule has 1 N–H and O–H groups in total. The maximum absolute atomic E-state index is 4.80. The Morgan fingerprint density at radius 2 is 2.12 bits per heavy atom. The number of nitrogens with zero attached hydrogens (tertiary/aromatic N) is 4. The van der Waals surface area contributed by atoms with Gasteiger partial charge in [0.15, 0.2) is 5.96 Å². The molecule has 0 bridgehead atoms. The third-order valence-electron chi connectivity index (χ3n) is 4.46. The molecule has 1 fully saturated rings. The van der Waals surface area contributed by atoms with Gasteiger partial charge in [-0.15, -0.1) is 0 Å². The first-order chi connectivity index (χ1) is 11.7. The Morgan fingerprint density at radius 1 is 1.29 bits per heavy atom. The summed E-state index contributed by atoms with van der Waals surface area (Å²) in [5, 5.41) is 7.65. The quantitative estimate of drug-likeness (QED) is 0.678. The van der Waals surface area contributed by atoms with Crippen LogP contribution in [-0.4, -0.2) is 40.3 Å². The van der Waals surface area contributed by atoms with E-state index in [2.05, 4.69) is 52.6 Å². The van der Waals surface area contributed by atoms with Gasteiger partial charge in [0.05, 0.1) is 12.7 Å². The summed E-state index contributed by atoms with van der Waals surface area (Å²) in [4.78, 5) is 7.19. The molecule has 0 amide bonds. The van der Waals surface area contributed by atoms with E-state index in [0.29, 0.717) is 12.5 Å². The highest BCUT2D eigenvalue weighted by molar-refractivity contribution is 5.80. The zero-order valence-electron chi connectivity index (χ0n) is 14.7. The molecule has 1 aromatic heterocycles. The molecule has 128 valence electrons. The second-order valence-electron chi connectivity index (χ2n) is 6.48. The Balaban J connectivity index is 1.60. The maximum atomic E-state index is 4.80. The van der Waals surface area contributed by atoms with Crippen LogP contribution in [0.25, 0.3) is 0 Å². The second-order valence-corrected chi connectivity index (χ2v) is 6.48. The molecule has 1 aliphatic heterocycles. The first kappa shape index (κ1) is 16.6. The van der Waals surface area contributed by atoms with Crippen molar-refractivity contribution in [2.24, 2.45) is 18.0 Å². The number of rotatable bonds is 5. The minimum absolute atomic E-state index is 0.677. The Kier molecular flexibility index (Phi) is 5.51. The third kappa shape index (κ3) is 4.37. The van der Waals surface area contributed by atoms with E-state index >= 15 is 0 Å². The Morgan fingerprint density at radius 3 is 2.83 bits per heavy atom. The van der Waals surface area contributed by atoms with Crippen LogP contribution < -0.4 is 5.32 Å². The Hall–Kier alpha value is -2.30. The predicted octanol–water partition coefficient (Wildman–Crippen LogP) is 2.45. The van der Waals surface area contributed by atoms with Gasteiger partial charge >= 0.3 is 0 Å². The van der Waals surface area contributed by atoms with Gasteiger partial charge in [-0.25, -0.2) is 4.99 Å². The van der Waals surface area contributed by atoms with E-state index < -0.39 is 0 Å². The van der Waals surface area contributed by atoms with Crippen molar-refractivity contribution < 1.29 is 0 Å².